The van der Waals surface area contributed by atoms with Gasteiger partial charge in [0.15, 0.2) is 0 Å². The monoisotopic (exact) mass is 523 g/mol. The Labute approximate surface area is 204 Å². The third-order valence-electron chi connectivity index (χ3n) is 5.16. The van der Waals surface area contributed by atoms with E-state index in [-0.39, 0.29) is 16.6 Å². The van der Waals surface area contributed by atoms with Crippen LogP contribution in [0.1, 0.15) is 22.8 Å². The fourth-order valence-electron chi connectivity index (χ4n) is 3.44. The average Bonchev–Trinajstić information content (AvgIpc) is 3.04. The zero-order valence-corrected chi connectivity index (χ0v) is 19.9. The summed E-state index contributed by atoms with van der Waals surface area (Å²) < 4.78 is 0.917. The molecule has 0 saturated carbocycles. The molecule has 0 atom stereocenters. The van der Waals surface area contributed by atoms with Crippen molar-refractivity contribution in [2.24, 2.45) is 0 Å². The van der Waals surface area contributed by atoms with E-state index in [4.69, 9.17) is 11.6 Å². The van der Waals surface area contributed by atoms with E-state index in [1.165, 1.54) is 0 Å². The molecule has 1 aliphatic rings. The van der Waals surface area contributed by atoms with Gasteiger partial charge in [-0.05, 0) is 66.6 Å². The number of carbonyl (C=O) groups is 3. The van der Waals surface area contributed by atoms with Gasteiger partial charge in [-0.25, -0.2) is 4.90 Å². The lowest BCUT2D eigenvalue weighted by Crippen LogP contribution is -2.33. The van der Waals surface area contributed by atoms with Crippen molar-refractivity contribution < 1.29 is 14.4 Å². The quantitative estimate of drug-likeness (QED) is 0.406. The maximum Gasteiger partial charge on any atom is 0.283 e. The van der Waals surface area contributed by atoms with E-state index in [2.05, 4.69) is 26.6 Å². The molecular formula is C25H19BrClN3O3. The number of aryl methyl sites for hydroxylation is 1. The Morgan fingerprint density at radius 1 is 0.909 bits per heavy atom. The average molecular weight is 525 g/mol. The van der Waals surface area contributed by atoms with Crippen molar-refractivity contribution in [1.29, 1.82) is 0 Å². The fraction of sp³-hybridized carbons (Fsp3) is 0.0800. The molecule has 3 amide bonds. The molecule has 33 heavy (non-hydrogen) atoms. The van der Waals surface area contributed by atoms with Crippen LogP contribution >= 0.6 is 27.5 Å². The molecule has 0 bridgehead atoms. The Morgan fingerprint density at radius 3 is 2.21 bits per heavy atom. The third-order valence-corrected chi connectivity index (χ3v) is 6.04. The predicted octanol–water partition coefficient (Wildman–Crippen LogP) is 5.70. The van der Waals surface area contributed by atoms with E-state index in [1.54, 1.807) is 48.5 Å². The van der Waals surface area contributed by atoms with Gasteiger partial charge in [-0.15, -0.1) is 0 Å². The number of amides is 3. The summed E-state index contributed by atoms with van der Waals surface area (Å²) in [5, 5.41) is 5.57. The Bertz CT molecular complexity index is 1270. The molecule has 0 fully saturated rings. The summed E-state index contributed by atoms with van der Waals surface area (Å²) in [5.74, 6) is -1.37. The number of nitrogens with zero attached hydrogens (tertiary/aromatic N) is 1. The molecule has 0 saturated heterocycles. The topological polar surface area (TPSA) is 78.5 Å². The molecule has 166 valence electrons. The van der Waals surface area contributed by atoms with Crippen LogP contribution in [0.2, 0.25) is 0 Å². The third kappa shape index (κ3) is 4.69. The maximum atomic E-state index is 13.0. The van der Waals surface area contributed by atoms with Crippen LogP contribution in [0, 0.1) is 0 Å². The van der Waals surface area contributed by atoms with Crippen molar-refractivity contribution in [2.45, 2.75) is 13.3 Å². The number of hydrogen-bond donors (Lipinski definition) is 2. The Balaban J connectivity index is 1.49. The second-order valence-corrected chi connectivity index (χ2v) is 8.57. The van der Waals surface area contributed by atoms with Gasteiger partial charge in [0.2, 0.25) is 0 Å². The molecule has 6 nitrogen and oxygen atoms in total. The molecule has 1 heterocycles. The molecule has 0 aliphatic carbocycles. The Kier molecular flexibility index (Phi) is 6.62. The van der Waals surface area contributed by atoms with Gasteiger partial charge in [0, 0.05) is 21.4 Å². The molecular weight excluding hydrogens is 506 g/mol. The normalized spacial score (nSPS) is 13.5. The van der Waals surface area contributed by atoms with Crippen molar-refractivity contribution in [3.8, 4) is 0 Å². The van der Waals surface area contributed by atoms with Crippen LogP contribution in [-0.2, 0) is 16.0 Å². The van der Waals surface area contributed by atoms with E-state index in [0.29, 0.717) is 29.0 Å². The minimum absolute atomic E-state index is 0.000336. The summed E-state index contributed by atoms with van der Waals surface area (Å²) >= 11 is 9.59. The summed E-state index contributed by atoms with van der Waals surface area (Å²) in [6.07, 6.45) is 0.664. The summed E-state index contributed by atoms with van der Waals surface area (Å²) in [6.45, 7) is 1.95. The highest BCUT2D eigenvalue weighted by Crippen LogP contribution is 2.32. The van der Waals surface area contributed by atoms with Gasteiger partial charge in [-0.3, -0.25) is 14.4 Å². The lowest BCUT2D eigenvalue weighted by molar-refractivity contribution is -0.120. The first-order valence-electron chi connectivity index (χ1n) is 10.2. The Morgan fingerprint density at radius 2 is 1.55 bits per heavy atom. The summed E-state index contributed by atoms with van der Waals surface area (Å²) in [4.78, 5) is 39.3. The predicted molar refractivity (Wildman–Crippen MR) is 133 cm³/mol. The first kappa shape index (κ1) is 22.8. The van der Waals surface area contributed by atoms with Crippen LogP contribution in [0.3, 0.4) is 0 Å². The van der Waals surface area contributed by atoms with Crippen molar-refractivity contribution in [3.63, 3.8) is 0 Å². The van der Waals surface area contributed by atoms with E-state index in [0.717, 1.165) is 14.9 Å². The van der Waals surface area contributed by atoms with Gasteiger partial charge in [0.05, 0.1) is 5.69 Å². The molecule has 3 aromatic carbocycles. The number of carbonyl (C=O) groups excluding carboxylic acids is 3. The number of nitrogens with one attached hydrogen (secondary N) is 2. The van der Waals surface area contributed by atoms with E-state index >= 15 is 0 Å². The first-order chi connectivity index (χ1) is 15.9. The van der Waals surface area contributed by atoms with Gasteiger partial charge < -0.3 is 10.6 Å². The van der Waals surface area contributed by atoms with Crippen molar-refractivity contribution in [3.05, 3.63) is 99.1 Å². The molecule has 2 N–H and O–H groups in total. The second kappa shape index (κ2) is 9.60. The largest absolute Gasteiger partial charge is 0.350 e. The molecule has 1 aliphatic heterocycles. The highest BCUT2D eigenvalue weighted by Gasteiger charge is 2.39. The highest BCUT2D eigenvalue weighted by atomic mass is 79.9. The zero-order chi connectivity index (χ0) is 23.5. The minimum atomic E-state index is -0.574. The Hall–Kier alpha value is -3.42. The number of rotatable bonds is 6. The van der Waals surface area contributed by atoms with Crippen LogP contribution < -0.4 is 15.5 Å². The fourth-order valence-corrected chi connectivity index (χ4v) is 3.92. The van der Waals surface area contributed by atoms with Crippen LogP contribution in [-0.4, -0.2) is 17.7 Å². The molecule has 4 rings (SSSR count). The van der Waals surface area contributed by atoms with E-state index in [1.807, 2.05) is 31.2 Å². The van der Waals surface area contributed by atoms with Crippen LogP contribution in [0.25, 0.3) is 0 Å². The van der Waals surface area contributed by atoms with Gasteiger partial charge in [0.25, 0.3) is 17.7 Å². The van der Waals surface area contributed by atoms with Crippen molar-refractivity contribution >= 4 is 62.3 Å². The molecule has 3 aromatic rings. The van der Waals surface area contributed by atoms with E-state index < -0.39 is 11.8 Å². The van der Waals surface area contributed by atoms with Gasteiger partial charge in [0.1, 0.15) is 10.7 Å². The number of hydrogen-bond acceptors (Lipinski definition) is 4. The smallest absolute Gasteiger partial charge is 0.283 e. The number of para-hydroxylation sites is 1. The summed E-state index contributed by atoms with van der Waals surface area (Å²) in [5.41, 5.74) is 3.02. The van der Waals surface area contributed by atoms with E-state index in [9.17, 15) is 14.4 Å². The lowest BCUT2D eigenvalue weighted by Gasteiger charge is -2.18. The summed E-state index contributed by atoms with van der Waals surface area (Å²) in [7, 11) is 0. The van der Waals surface area contributed by atoms with Crippen LogP contribution in [0.4, 0.5) is 17.1 Å². The number of imide groups is 1. The first-order valence-corrected chi connectivity index (χ1v) is 11.4. The molecule has 0 aromatic heterocycles. The second-order valence-electron chi connectivity index (χ2n) is 7.28. The molecule has 0 unspecified atom stereocenters. The van der Waals surface area contributed by atoms with Crippen molar-refractivity contribution in [1.82, 2.24) is 0 Å². The molecule has 0 spiro atoms. The summed E-state index contributed by atoms with van der Waals surface area (Å²) in [6, 6.07) is 21.0. The highest BCUT2D eigenvalue weighted by molar-refractivity contribution is 9.10. The molecule has 0 radical (unpaired) electrons. The number of benzene rings is 3. The number of halogens is 2. The minimum Gasteiger partial charge on any atom is -0.350 e. The van der Waals surface area contributed by atoms with Gasteiger partial charge in [-0.1, -0.05) is 52.7 Å². The standard InChI is InChI=1S/C25H19BrClN3O3/c1-2-15-5-3-4-6-20(15)30-24(32)21(27)22(25(30)33)28-18-11-7-16(8-12-18)23(31)29-19-13-9-17(26)10-14-19/h3-14,28H,2H2,1H3,(H,29,31). The molecule has 8 heteroatoms. The van der Waals surface area contributed by atoms with Crippen molar-refractivity contribution in [2.75, 3.05) is 15.5 Å². The van der Waals surface area contributed by atoms with Gasteiger partial charge >= 0.3 is 0 Å². The SMILES string of the molecule is CCc1ccccc1N1C(=O)C(Cl)=C(Nc2ccc(C(=O)Nc3ccc(Br)cc3)cc2)C1=O. The lowest BCUT2D eigenvalue weighted by atomic mass is 10.1. The number of anilines is 3. The van der Waals surface area contributed by atoms with Gasteiger partial charge in [-0.2, -0.15) is 0 Å². The van der Waals surface area contributed by atoms with Crippen LogP contribution in [0.15, 0.2) is 88.0 Å². The maximum absolute atomic E-state index is 13.0. The van der Waals surface area contributed by atoms with Crippen LogP contribution in [0.5, 0.6) is 0 Å². The zero-order valence-electron chi connectivity index (χ0n) is 17.6.